The molecule has 0 bridgehead atoms. The normalized spacial score (nSPS) is 11.3. The molecule has 3 rings (SSSR count). The van der Waals surface area contributed by atoms with Crippen molar-refractivity contribution < 1.29 is 0 Å². The van der Waals surface area contributed by atoms with Crippen LogP contribution in [0.4, 0.5) is 5.95 Å². The molecular formula is C16H14N6O. The second kappa shape index (κ2) is 6.99. The average Bonchev–Trinajstić information content (AvgIpc) is 2.95. The molecule has 0 atom stereocenters. The van der Waals surface area contributed by atoms with Gasteiger partial charge in [0.15, 0.2) is 0 Å². The summed E-state index contributed by atoms with van der Waals surface area (Å²) in [5.74, 6) is 0.203. The van der Waals surface area contributed by atoms with Crippen molar-refractivity contribution in [3.05, 3.63) is 82.3 Å². The fourth-order valence-corrected chi connectivity index (χ4v) is 1.84. The highest BCUT2D eigenvalue weighted by atomic mass is 16.2. The molecule has 0 saturated heterocycles. The molecule has 3 aromatic rings. The lowest BCUT2D eigenvalue weighted by molar-refractivity contribution is 0.837. The summed E-state index contributed by atoms with van der Waals surface area (Å²) in [6, 6.07) is 19.0. The van der Waals surface area contributed by atoms with Crippen LogP contribution in [0.15, 0.2) is 75.7 Å². The molecule has 0 aliphatic carbocycles. The molecule has 7 heteroatoms. The number of nitrogens with zero attached hydrogens (tertiary/aromatic N) is 4. The van der Waals surface area contributed by atoms with E-state index in [0.29, 0.717) is 0 Å². The van der Waals surface area contributed by atoms with E-state index in [0.717, 1.165) is 15.8 Å². The Bertz CT molecular complexity index is 864. The minimum atomic E-state index is -0.449. The van der Waals surface area contributed by atoms with Crippen molar-refractivity contribution in [3.63, 3.8) is 0 Å². The minimum Gasteiger partial charge on any atom is -0.244 e. The first-order valence-corrected chi connectivity index (χ1v) is 6.94. The van der Waals surface area contributed by atoms with E-state index in [9.17, 15) is 4.79 Å². The Morgan fingerprint density at radius 3 is 2.22 bits per heavy atom. The molecule has 0 fully saturated rings. The topological polar surface area (TPSA) is 87.4 Å². The van der Waals surface area contributed by atoms with E-state index < -0.39 is 5.69 Å². The lowest BCUT2D eigenvalue weighted by atomic mass is 10.2. The van der Waals surface area contributed by atoms with E-state index in [4.69, 9.17) is 0 Å². The van der Waals surface area contributed by atoms with Crippen molar-refractivity contribution in [2.75, 3.05) is 5.43 Å². The van der Waals surface area contributed by atoms with E-state index in [1.54, 1.807) is 12.4 Å². The zero-order chi connectivity index (χ0) is 15.9. The van der Waals surface area contributed by atoms with Gasteiger partial charge in [0.2, 0.25) is 0 Å². The summed E-state index contributed by atoms with van der Waals surface area (Å²) in [7, 11) is 0. The molecule has 7 nitrogen and oxygen atoms in total. The highest BCUT2D eigenvalue weighted by Gasteiger charge is 2.05. The molecule has 0 unspecified atom stereocenters. The molecule has 0 aliphatic heterocycles. The van der Waals surface area contributed by atoms with Crippen LogP contribution in [0, 0.1) is 0 Å². The molecule has 114 valence electrons. The zero-order valence-electron chi connectivity index (χ0n) is 12.1. The van der Waals surface area contributed by atoms with Gasteiger partial charge < -0.3 is 0 Å². The molecule has 0 aliphatic rings. The molecule has 1 heterocycles. The van der Waals surface area contributed by atoms with Crippen LogP contribution in [-0.4, -0.2) is 27.3 Å². The number of hydrogen-bond donors (Lipinski definition) is 2. The van der Waals surface area contributed by atoms with Gasteiger partial charge >= 0.3 is 5.69 Å². The largest absolute Gasteiger partial charge is 0.365 e. The molecule has 0 amide bonds. The highest BCUT2D eigenvalue weighted by Crippen LogP contribution is 2.00. The molecule has 23 heavy (non-hydrogen) atoms. The van der Waals surface area contributed by atoms with E-state index in [1.165, 1.54) is 0 Å². The first kappa shape index (κ1) is 14.5. The lowest BCUT2D eigenvalue weighted by Gasteiger charge is -1.98. The first-order chi connectivity index (χ1) is 11.3. The molecule has 2 aromatic carbocycles. The Morgan fingerprint density at radius 1 is 0.957 bits per heavy atom. The number of H-pyrrole nitrogens is 1. The Hall–Kier alpha value is -3.48. The molecule has 0 spiro atoms. The van der Waals surface area contributed by atoms with Crippen LogP contribution in [0.25, 0.3) is 0 Å². The van der Waals surface area contributed by atoms with Gasteiger partial charge in [0.05, 0.1) is 12.4 Å². The fourth-order valence-electron chi connectivity index (χ4n) is 1.84. The first-order valence-electron chi connectivity index (χ1n) is 6.94. The number of rotatable bonds is 5. The summed E-state index contributed by atoms with van der Waals surface area (Å²) in [5.41, 5.74) is 4.05. The number of nitrogens with one attached hydrogen (secondary N) is 2. The SMILES string of the molecule is O=c1[nH]nc(N/N=C\c2ccccc2)n1/N=C\c1ccccc1. The minimum absolute atomic E-state index is 0.203. The van der Waals surface area contributed by atoms with Gasteiger partial charge in [0.1, 0.15) is 0 Å². The summed E-state index contributed by atoms with van der Waals surface area (Å²) < 4.78 is 1.11. The van der Waals surface area contributed by atoms with Crippen molar-refractivity contribution in [2.24, 2.45) is 10.2 Å². The van der Waals surface area contributed by atoms with Gasteiger partial charge in [-0.15, -0.1) is 9.77 Å². The third-order valence-corrected chi connectivity index (χ3v) is 2.95. The number of anilines is 1. The van der Waals surface area contributed by atoms with Crippen molar-refractivity contribution in [1.29, 1.82) is 0 Å². The maximum atomic E-state index is 11.7. The van der Waals surface area contributed by atoms with E-state index in [1.807, 2.05) is 60.7 Å². The van der Waals surface area contributed by atoms with Gasteiger partial charge in [-0.3, -0.25) is 0 Å². The van der Waals surface area contributed by atoms with E-state index in [-0.39, 0.29) is 5.95 Å². The van der Waals surface area contributed by atoms with Crippen LogP contribution in [0.1, 0.15) is 11.1 Å². The molecule has 2 N–H and O–H groups in total. The summed E-state index contributed by atoms with van der Waals surface area (Å²) in [6.45, 7) is 0. The fraction of sp³-hybridized carbons (Fsp3) is 0. The number of aromatic amines is 1. The molecule has 0 radical (unpaired) electrons. The standard InChI is InChI=1S/C16H14N6O/c23-16-21-20-15(19-17-11-13-7-3-1-4-8-13)22(16)18-12-14-9-5-2-6-10-14/h1-12H,(H,19,20)(H,21,23)/b17-11-,18-12-. The van der Waals surface area contributed by atoms with Crippen LogP contribution in [0.2, 0.25) is 0 Å². The quantitative estimate of drug-likeness (QED) is 0.557. The monoisotopic (exact) mass is 306 g/mol. The maximum absolute atomic E-state index is 11.7. The number of aromatic nitrogens is 3. The average molecular weight is 306 g/mol. The van der Waals surface area contributed by atoms with E-state index >= 15 is 0 Å². The Kier molecular flexibility index (Phi) is 4.39. The van der Waals surface area contributed by atoms with Crippen molar-refractivity contribution in [3.8, 4) is 0 Å². The Labute approximate surface area is 132 Å². The maximum Gasteiger partial charge on any atom is 0.365 e. The number of hydrazone groups is 1. The van der Waals surface area contributed by atoms with Crippen LogP contribution >= 0.6 is 0 Å². The summed E-state index contributed by atoms with van der Waals surface area (Å²) in [4.78, 5) is 11.7. The molecular weight excluding hydrogens is 292 g/mol. The number of benzene rings is 2. The predicted octanol–water partition coefficient (Wildman–Crippen LogP) is 1.90. The van der Waals surface area contributed by atoms with Gasteiger partial charge in [-0.05, 0) is 11.1 Å². The van der Waals surface area contributed by atoms with Gasteiger partial charge in [0, 0.05) is 0 Å². The van der Waals surface area contributed by atoms with Gasteiger partial charge in [0.25, 0.3) is 5.95 Å². The van der Waals surface area contributed by atoms with Gasteiger partial charge in [-0.25, -0.2) is 15.3 Å². The molecule has 0 saturated carbocycles. The van der Waals surface area contributed by atoms with E-state index in [2.05, 4.69) is 25.8 Å². The van der Waals surface area contributed by atoms with Crippen LogP contribution in [0.3, 0.4) is 0 Å². The Morgan fingerprint density at radius 2 is 1.57 bits per heavy atom. The highest BCUT2D eigenvalue weighted by molar-refractivity contribution is 5.80. The third kappa shape index (κ3) is 3.79. The Balaban J connectivity index is 1.75. The van der Waals surface area contributed by atoms with Crippen LogP contribution < -0.4 is 11.1 Å². The smallest absolute Gasteiger partial charge is 0.244 e. The predicted molar refractivity (Wildman–Crippen MR) is 89.9 cm³/mol. The third-order valence-electron chi connectivity index (χ3n) is 2.95. The van der Waals surface area contributed by atoms with Crippen molar-refractivity contribution in [1.82, 2.24) is 14.9 Å². The van der Waals surface area contributed by atoms with Crippen molar-refractivity contribution in [2.45, 2.75) is 0 Å². The number of hydrogen-bond acceptors (Lipinski definition) is 5. The molecule has 1 aromatic heterocycles. The summed E-state index contributed by atoms with van der Waals surface area (Å²) in [6.07, 6.45) is 3.20. The van der Waals surface area contributed by atoms with Gasteiger partial charge in [-0.2, -0.15) is 10.2 Å². The zero-order valence-corrected chi connectivity index (χ0v) is 12.1. The van der Waals surface area contributed by atoms with Gasteiger partial charge in [-0.1, -0.05) is 60.7 Å². The van der Waals surface area contributed by atoms with Crippen LogP contribution in [0.5, 0.6) is 0 Å². The van der Waals surface area contributed by atoms with Crippen molar-refractivity contribution >= 4 is 18.4 Å². The lowest BCUT2D eigenvalue weighted by Crippen LogP contribution is -2.14. The second-order valence-electron chi connectivity index (χ2n) is 4.60. The van der Waals surface area contributed by atoms with Crippen LogP contribution in [-0.2, 0) is 0 Å². The summed E-state index contributed by atoms with van der Waals surface area (Å²) in [5, 5.41) is 14.3. The summed E-state index contributed by atoms with van der Waals surface area (Å²) >= 11 is 0. The second-order valence-corrected chi connectivity index (χ2v) is 4.60.